The van der Waals surface area contributed by atoms with Crippen LogP contribution in [0.15, 0.2) is 22.7 Å². The minimum atomic E-state index is -0.593. The van der Waals surface area contributed by atoms with Gasteiger partial charge in [-0.05, 0) is 25.1 Å². The van der Waals surface area contributed by atoms with E-state index in [1.54, 1.807) is 12.1 Å². The number of hydrogen-bond acceptors (Lipinski definition) is 2. The van der Waals surface area contributed by atoms with Gasteiger partial charge in [-0.2, -0.15) is 5.26 Å². The second-order valence-electron chi connectivity index (χ2n) is 2.63. The number of halogens is 2. The predicted octanol–water partition coefficient (Wildman–Crippen LogP) is 3.70. The summed E-state index contributed by atoms with van der Waals surface area (Å²) >= 11 is 9.27. The highest BCUT2D eigenvalue weighted by Gasteiger charge is 2.13. The van der Waals surface area contributed by atoms with Gasteiger partial charge in [0.25, 0.3) is 0 Å². The van der Waals surface area contributed by atoms with Crippen LogP contribution in [0.1, 0.15) is 18.6 Å². The van der Waals surface area contributed by atoms with Gasteiger partial charge in [0.1, 0.15) is 0 Å². The molecule has 0 aliphatic rings. The van der Waals surface area contributed by atoms with Crippen molar-refractivity contribution in [3.63, 3.8) is 0 Å². The van der Waals surface area contributed by atoms with Crippen LogP contribution in [0.4, 0.5) is 0 Å². The van der Waals surface area contributed by atoms with Gasteiger partial charge >= 0.3 is 0 Å². The fourth-order valence-corrected chi connectivity index (χ4v) is 1.67. The lowest BCUT2D eigenvalue weighted by Gasteiger charge is -2.11. The van der Waals surface area contributed by atoms with Crippen molar-refractivity contribution in [1.82, 2.24) is 0 Å². The van der Waals surface area contributed by atoms with Crippen LogP contribution in [0.2, 0.25) is 5.02 Å². The first-order chi connectivity index (χ1) is 6.69. The Morgan fingerprint density at radius 1 is 1.64 bits per heavy atom. The van der Waals surface area contributed by atoms with Crippen LogP contribution in [0, 0.1) is 11.3 Å². The second kappa shape index (κ2) is 5.35. The molecule has 1 aromatic rings. The molecular weight excluding hydrogens is 265 g/mol. The maximum Gasteiger partial charge on any atom is 0.170 e. The highest BCUT2D eigenvalue weighted by atomic mass is 79.9. The first kappa shape index (κ1) is 11.5. The normalized spacial score (nSPS) is 12.1. The molecule has 0 N–H and O–H groups in total. The molecule has 1 rings (SSSR count). The standard InChI is InChI=1S/C10H9BrClNO/c1-2-14-10(6-13)8-5-7(11)3-4-9(8)12/h3-5,10H,2H2,1H3. The topological polar surface area (TPSA) is 33.0 Å². The van der Waals surface area contributed by atoms with Gasteiger partial charge in [0, 0.05) is 21.7 Å². The van der Waals surface area contributed by atoms with Crippen molar-refractivity contribution in [2.45, 2.75) is 13.0 Å². The maximum absolute atomic E-state index is 8.88. The van der Waals surface area contributed by atoms with Crippen molar-refractivity contribution in [2.75, 3.05) is 6.61 Å². The predicted molar refractivity (Wildman–Crippen MR) is 59.1 cm³/mol. The largest absolute Gasteiger partial charge is 0.359 e. The van der Waals surface area contributed by atoms with Crippen molar-refractivity contribution < 1.29 is 4.74 Å². The third kappa shape index (κ3) is 2.71. The molecule has 0 saturated heterocycles. The van der Waals surface area contributed by atoms with Crippen LogP contribution >= 0.6 is 27.5 Å². The Kier molecular flexibility index (Phi) is 4.40. The summed E-state index contributed by atoms with van der Waals surface area (Å²) in [6, 6.07) is 7.42. The summed E-state index contributed by atoms with van der Waals surface area (Å²) in [4.78, 5) is 0. The zero-order valence-electron chi connectivity index (χ0n) is 7.63. The van der Waals surface area contributed by atoms with E-state index in [0.717, 1.165) is 4.47 Å². The molecule has 1 unspecified atom stereocenters. The van der Waals surface area contributed by atoms with E-state index in [0.29, 0.717) is 17.2 Å². The number of ether oxygens (including phenoxy) is 1. The average molecular weight is 275 g/mol. The quantitative estimate of drug-likeness (QED) is 0.842. The number of rotatable bonds is 3. The van der Waals surface area contributed by atoms with Crippen molar-refractivity contribution in [2.24, 2.45) is 0 Å². The second-order valence-corrected chi connectivity index (χ2v) is 3.95. The van der Waals surface area contributed by atoms with E-state index in [-0.39, 0.29) is 0 Å². The Balaban J connectivity index is 3.03. The van der Waals surface area contributed by atoms with Crippen LogP contribution < -0.4 is 0 Å². The molecule has 4 heteroatoms. The summed E-state index contributed by atoms with van der Waals surface area (Å²) in [7, 11) is 0. The van der Waals surface area contributed by atoms with Gasteiger partial charge in [-0.15, -0.1) is 0 Å². The van der Waals surface area contributed by atoms with Gasteiger partial charge in [-0.3, -0.25) is 0 Å². The van der Waals surface area contributed by atoms with Gasteiger partial charge in [0.2, 0.25) is 0 Å². The smallest absolute Gasteiger partial charge is 0.170 e. The lowest BCUT2D eigenvalue weighted by atomic mass is 10.1. The summed E-state index contributed by atoms with van der Waals surface area (Å²) < 4.78 is 6.13. The molecule has 0 amide bonds. The third-order valence-corrected chi connectivity index (χ3v) is 2.53. The molecule has 0 spiro atoms. The molecule has 0 radical (unpaired) electrons. The van der Waals surface area contributed by atoms with E-state index in [4.69, 9.17) is 21.6 Å². The molecule has 0 saturated carbocycles. The number of benzene rings is 1. The Hall–Kier alpha value is -0.560. The van der Waals surface area contributed by atoms with Crippen LogP contribution in [-0.2, 0) is 4.74 Å². The van der Waals surface area contributed by atoms with E-state index in [9.17, 15) is 0 Å². The Labute approximate surface area is 96.6 Å². The van der Waals surface area contributed by atoms with Gasteiger partial charge < -0.3 is 4.74 Å². The molecule has 74 valence electrons. The highest BCUT2D eigenvalue weighted by molar-refractivity contribution is 9.10. The van der Waals surface area contributed by atoms with Crippen molar-refractivity contribution in [3.8, 4) is 6.07 Å². The van der Waals surface area contributed by atoms with Gasteiger partial charge in [-0.1, -0.05) is 27.5 Å². The van der Waals surface area contributed by atoms with E-state index >= 15 is 0 Å². The van der Waals surface area contributed by atoms with Crippen LogP contribution in [0.5, 0.6) is 0 Å². The molecule has 0 aliphatic carbocycles. The fraction of sp³-hybridized carbons (Fsp3) is 0.300. The molecule has 2 nitrogen and oxygen atoms in total. The molecule has 0 heterocycles. The van der Waals surface area contributed by atoms with Gasteiger partial charge in [0.15, 0.2) is 6.10 Å². The van der Waals surface area contributed by atoms with Crippen molar-refractivity contribution in [1.29, 1.82) is 5.26 Å². The van der Waals surface area contributed by atoms with E-state index in [2.05, 4.69) is 22.0 Å². The lowest BCUT2D eigenvalue weighted by molar-refractivity contribution is 0.102. The Morgan fingerprint density at radius 3 is 2.93 bits per heavy atom. The average Bonchev–Trinajstić information content (AvgIpc) is 2.18. The van der Waals surface area contributed by atoms with E-state index in [1.165, 1.54) is 0 Å². The van der Waals surface area contributed by atoms with E-state index in [1.807, 2.05) is 13.0 Å². The molecule has 1 aromatic carbocycles. The Bertz CT molecular complexity index is 362. The van der Waals surface area contributed by atoms with Crippen molar-refractivity contribution in [3.05, 3.63) is 33.3 Å². The minimum absolute atomic E-state index is 0.487. The van der Waals surface area contributed by atoms with Crippen LogP contribution in [0.3, 0.4) is 0 Å². The fourth-order valence-electron chi connectivity index (χ4n) is 1.08. The Morgan fingerprint density at radius 2 is 2.36 bits per heavy atom. The first-order valence-electron chi connectivity index (χ1n) is 4.15. The molecule has 0 aromatic heterocycles. The molecular formula is C10H9BrClNO. The molecule has 0 aliphatic heterocycles. The third-order valence-electron chi connectivity index (χ3n) is 1.69. The summed E-state index contributed by atoms with van der Waals surface area (Å²) in [5.41, 5.74) is 0.699. The summed E-state index contributed by atoms with van der Waals surface area (Å²) in [6.45, 7) is 2.33. The van der Waals surface area contributed by atoms with E-state index < -0.39 is 6.10 Å². The lowest BCUT2D eigenvalue weighted by Crippen LogP contribution is -2.02. The SMILES string of the molecule is CCOC(C#N)c1cc(Br)ccc1Cl. The number of nitrogens with zero attached hydrogens (tertiary/aromatic N) is 1. The first-order valence-corrected chi connectivity index (χ1v) is 5.32. The maximum atomic E-state index is 8.88. The van der Waals surface area contributed by atoms with Gasteiger partial charge in [-0.25, -0.2) is 0 Å². The zero-order chi connectivity index (χ0) is 10.6. The summed E-state index contributed by atoms with van der Waals surface area (Å²) in [5.74, 6) is 0. The molecule has 14 heavy (non-hydrogen) atoms. The minimum Gasteiger partial charge on any atom is -0.359 e. The van der Waals surface area contributed by atoms with Gasteiger partial charge in [0.05, 0.1) is 6.07 Å². The summed E-state index contributed by atoms with van der Waals surface area (Å²) in [5, 5.41) is 9.43. The molecule has 0 bridgehead atoms. The highest BCUT2D eigenvalue weighted by Crippen LogP contribution is 2.28. The zero-order valence-corrected chi connectivity index (χ0v) is 9.97. The number of nitriles is 1. The summed E-state index contributed by atoms with van der Waals surface area (Å²) in [6.07, 6.45) is -0.593. The molecule has 1 atom stereocenters. The van der Waals surface area contributed by atoms with Crippen LogP contribution in [0.25, 0.3) is 0 Å². The molecule has 0 fully saturated rings. The number of hydrogen-bond donors (Lipinski definition) is 0. The van der Waals surface area contributed by atoms with Crippen LogP contribution in [-0.4, -0.2) is 6.61 Å². The monoisotopic (exact) mass is 273 g/mol. The van der Waals surface area contributed by atoms with Crippen molar-refractivity contribution >= 4 is 27.5 Å².